The van der Waals surface area contributed by atoms with E-state index in [4.69, 9.17) is 11.6 Å². The van der Waals surface area contributed by atoms with Crippen LogP contribution in [-0.2, 0) is 4.79 Å². The molecule has 2 amide bonds. The second-order valence-electron chi connectivity index (χ2n) is 6.86. The Morgan fingerprint density at radius 3 is 2.86 bits per heavy atom. The Bertz CT molecular complexity index is 1040. The van der Waals surface area contributed by atoms with E-state index in [-0.39, 0.29) is 28.1 Å². The van der Waals surface area contributed by atoms with Gasteiger partial charge in [0, 0.05) is 29.3 Å². The van der Waals surface area contributed by atoms with Crippen LogP contribution in [0.25, 0.3) is 0 Å². The molecule has 3 aliphatic rings. The second kappa shape index (κ2) is 7.16. The molecule has 0 saturated carbocycles. The van der Waals surface area contributed by atoms with Gasteiger partial charge in [-0.05, 0) is 49.5 Å². The fourth-order valence-electron chi connectivity index (χ4n) is 3.79. The fourth-order valence-corrected chi connectivity index (χ4v) is 3.99. The molecule has 0 fully saturated rings. The smallest absolute Gasteiger partial charge is 0.279 e. The van der Waals surface area contributed by atoms with Gasteiger partial charge >= 0.3 is 0 Å². The minimum absolute atomic E-state index is 0.00320. The van der Waals surface area contributed by atoms with Crippen molar-refractivity contribution >= 4 is 34.8 Å². The number of hydrogen-bond donors (Lipinski definition) is 1. The maximum Gasteiger partial charge on any atom is 0.279 e. The number of amides is 2. The van der Waals surface area contributed by atoms with E-state index in [0.717, 1.165) is 42.9 Å². The molecule has 28 heavy (non-hydrogen) atoms. The molecule has 1 aliphatic heterocycles. The van der Waals surface area contributed by atoms with Crippen LogP contribution in [0, 0.1) is 16.0 Å². The standard InChI is InChI=1S/C20H16ClN3O4/c21-17-8-6-12(24(27)28)10-16(17)20(26)22-11-5-7-14-13-3-1-2-4-15(13)19(25)23-18(14)9-11/h5-10,14H,1-4H2,(H,23,25). The highest BCUT2D eigenvalue weighted by molar-refractivity contribution is 6.34. The maximum absolute atomic E-state index is 12.5. The van der Waals surface area contributed by atoms with Gasteiger partial charge < -0.3 is 5.32 Å². The first kappa shape index (κ1) is 18.3. The largest absolute Gasteiger partial charge is 0.325 e. The summed E-state index contributed by atoms with van der Waals surface area (Å²) in [5.74, 6) is -0.758. The van der Waals surface area contributed by atoms with Gasteiger partial charge in [-0.15, -0.1) is 0 Å². The summed E-state index contributed by atoms with van der Waals surface area (Å²) in [5, 5.41) is 13.9. The Morgan fingerprint density at radius 1 is 1.29 bits per heavy atom. The summed E-state index contributed by atoms with van der Waals surface area (Å²) >= 11 is 6.01. The summed E-state index contributed by atoms with van der Waals surface area (Å²) in [6.45, 7) is 0. The zero-order valence-electron chi connectivity index (χ0n) is 14.8. The van der Waals surface area contributed by atoms with Crippen LogP contribution in [0.3, 0.4) is 0 Å². The lowest BCUT2D eigenvalue weighted by Gasteiger charge is -2.33. The number of carbonyl (C=O) groups is 2. The zero-order valence-corrected chi connectivity index (χ0v) is 15.5. The zero-order chi connectivity index (χ0) is 19.8. The number of benzene rings is 1. The van der Waals surface area contributed by atoms with Gasteiger partial charge in [-0.25, -0.2) is 4.99 Å². The van der Waals surface area contributed by atoms with E-state index >= 15 is 0 Å². The predicted octanol–water partition coefficient (Wildman–Crippen LogP) is 3.90. The Labute approximate surface area is 165 Å². The number of aliphatic imine (C=N–C) groups is 1. The van der Waals surface area contributed by atoms with Crippen molar-refractivity contribution in [3.63, 3.8) is 0 Å². The molecule has 7 nitrogen and oxygen atoms in total. The van der Waals surface area contributed by atoms with Crippen LogP contribution in [0.2, 0.25) is 5.02 Å². The molecule has 0 radical (unpaired) electrons. The van der Waals surface area contributed by atoms with Crippen molar-refractivity contribution in [1.29, 1.82) is 0 Å². The normalized spacial score (nSPS) is 22.3. The summed E-state index contributed by atoms with van der Waals surface area (Å²) in [6.07, 6.45) is 9.10. The summed E-state index contributed by atoms with van der Waals surface area (Å²) in [5.41, 5.74) is 2.80. The number of carbonyl (C=O) groups excluding carboxylic acids is 2. The third-order valence-corrected chi connectivity index (χ3v) is 5.47. The lowest BCUT2D eigenvalue weighted by Crippen LogP contribution is -2.37. The van der Waals surface area contributed by atoms with Crippen LogP contribution in [-0.4, -0.2) is 22.4 Å². The van der Waals surface area contributed by atoms with E-state index in [1.54, 1.807) is 12.2 Å². The minimum Gasteiger partial charge on any atom is -0.325 e. The van der Waals surface area contributed by atoms with Crippen molar-refractivity contribution in [3.05, 3.63) is 74.0 Å². The summed E-state index contributed by atoms with van der Waals surface area (Å²) in [4.78, 5) is 39.2. The number of hydrogen-bond acceptors (Lipinski definition) is 4. The van der Waals surface area contributed by atoms with Crippen molar-refractivity contribution < 1.29 is 14.5 Å². The molecule has 0 saturated heterocycles. The molecule has 2 aliphatic carbocycles. The quantitative estimate of drug-likeness (QED) is 0.603. The molecular formula is C20H16ClN3O4. The maximum atomic E-state index is 12.5. The number of fused-ring (bicyclic) bond motifs is 2. The number of nitrogens with one attached hydrogen (secondary N) is 1. The molecule has 1 unspecified atom stereocenters. The number of nitrogens with zero attached hydrogens (tertiary/aromatic N) is 2. The highest BCUT2D eigenvalue weighted by Gasteiger charge is 2.33. The van der Waals surface area contributed by atoms with E-state index in [2.05, 4.69) is 10.3 Å². The van der Waals surface area contributed by atoms with Gasteiger partial charge in [-0.1, -0.05) is 17.7 Å². The molecule has 1 aromatic rings. The second-order valence-corrected chi connectivity index (χ2v) is 7.27. The summed E-state index contributed by atoms with van der Waals surface area (Å²) in [6, 6.07) is 3.64. The van der Waals surface area contributed by atoms with Crippen molar-refractivity contribution in [2.75, 3.05) is 0 Å². The van der Waals surface area contributed by atoms with Crippen LogP contribution in [0.15, 0.2) is 58.3 Å². The predicted molar refractivity (Wildman–Crippen MR) is 104 cm³/mol. The topological polar surface area (TPSA) is 102 Å². The Hall–Kier alpha value is -3.06. The molecule has 4 rings (SSSR count). The lowest BCUT2D eigenvalue weighted by atomic mass is 9.77. The van der Waals surface area contributed by atoms with Gasteiger partial charge in [0.25, 0.3) is 17.5 Å². The van der Waals surface area contributed by atoms with E-state index < -0.39 is 10.8 Å². The Morgan fingerprint density at radius 2 is 2.07 bits per heavy atom. The number of nitro groups is 1. The third-order valence-electron chi connectivity index (χ3n) is 5.14. The van der Waals surface area contributed by atoms with Crippen molar-refractivity contribution in [1.82, 2.24) is 5.32 Å². The number of non-ortho nitro benzene ring substituents is 1. The van der Waals surface area contributed by atoms with E-state index in [0.29, 0.717) is 11.4 Å². The number of halogens is 1. The molecule has 0 bridgehead atoms. The molecular weight excluding hydrogens is 382 g/mol. The highest BCUT2D eigenvalue weighted by Crippen LogP contribution is 2.38. The van der Waals surface area contributed by atoms with Gasteiger partial charge in [0.2, 0.25) is 0 Å². The first-order valence-electron chi connectivity index (χ1n) is 8.94. The average Bonchev–Trinajstić information content (AvgIpc) is 2.68. The fraction of sp³-hybridized carbons (Fsp3) is 0.250. The van der Waals surface area contributed by atoms with Gasteiger partial charge in [0.15, 0.2) is 0 Å². The number of nitro benzene ring substituents is 1. The van der Waals surface area contributed by atoms with Crippen LogP contribution >= 0.6 is 11.6 Å². The third kappa shape index (κ3) is 3.29. The Kier molecular flexibility index (Phi) is 4.68. The van der Waals surface area contributed by atoms with E-state index in [9.17, 15) is 19.7 Å². The van der Waals surface area contributed by atoms with Gasteiger partial charge in [-0.3, -0.25) is 19.7 Å². The first-order valence-corrected chi connectivity index (χ1v) is 9.32. The number of allylic oxidation sites excluding steroid dienone is 3. The highest BCUT2D eigenvalue weighted by atomic mass is 35.5. The van der Waals surface area contributed by atoms with Crippen molar-refractivity contribution in [2.24, 2.45) is 10.9 Å². The van der Waals surface area contributed by atoms with Gasteiger partial charge in [-0.2, -0.15) is 0 Å². The van der Waals surface area contributed by atoms with Crippen LogP contribution in [0.5, 0.6) is 0 Å². The molecule has 1 atom stereocenters. The molecule has 1 aromatic carbocycles. The van der Waals surface area contributed by atoms with E-state index in [1.807, 2.05) is 6.08 Å². The first-order chi connectivity index (χ1) is 13.4. The summed E-state index contributed by atoms with van der Waals surface area (Å²) < 4.78 is 0. The lowest BCUT2D eigenvalue weighted by molar-refractivity contribution is -0.384. The molecule has 142 valence electrons. The molecule has 0 spiro atoms. The van der Waals surface area contributed by atoms with Crippen molar-refractivity contribution in [3.8, 4) is 0 Å². The van der Waals surface area contributed by atoms with Gasteiger partial charge in [0.1, 0.15) is 0 Å². The van der Waals surface area contributed by atoms with Crippen LogP contribution in [0.1, 0.15) is 36.0 Å². The monoisotopic (exact) mass is 397 g/mol. The summed E-state index contributed by atoms with van der Waals surface area (Å²) in [7, 11) is 0. The average molecular weight is 398 g/mol. The van der Waals surface area contributed by atoms with Crippen molar-refractivity contribution in [2.45, 2.75) is 25.7 Å². The molecule has 1 N–H and O–H groups in total. The molecule has 8 heteroatoms. The van der Waals surface area contributed by atoms with Crippen LogP contribution in [0.4, 0.5) is 5.69 Å². The minimum atomic E-state index is -0.677. The van der Waals surface area contributed by atoms with Gasteiger partial charge in [0.05, 0.1) is 21.2 Å². The molecule has 1 heterocycles. The molecule has 0 aromatic heterocycles. The van der Waals surface area contributed by atoms with Crippen LogP contribution < -0.4 is 5.32 Å². The SMILES string of the molecule is O=C1NC2=CC(=NC(=O)c3cc([N+](=O)[O-])ccc3Cl)C=CC2C2=C1CCCC2. The number of rotatable bonds is 2. The Balaban J connectivity index is 1.64. The van der Waals surface area contributed by atoms with E-state index in [1.165, 1.54) is 12.1 Å².